The van der Waals surface area contributed by atoms with Crippen molar-refractivity contribution in [3.05, 3.63) is 35.9 Å². The van der Waals surface area contributed by atoms with Crippen molar-refractivity contribution in [2.45, 2.75) is 45.8 Å². The minimum absolute atomic E-state index is 0.354. The van der Waals surface area contributed by atoms with E-state index in [1.807, 2.05) is 30.3 Å². The Hall–Kier alpha value is -2.04. The smallest absolute Gasteiger partial charge is 0.407 e. The van der Waals surface area contributed by atoms with Crippen molar-refractivity contribution in [2.75, 3.05) is 7.11 Å². The van der Waals surface area contributed by atoms with Crippen LogP contribution in [0.15, 0.2) is 30.3 Å². The molecule has 1 amide bonds. The van der Waals surface area contributed by atoms with Crippen LogP contribution >= 0.6 is 0 Å². The highest BCUT2D eigenvalue weighted by Gasteiger charge is 2.29. The lowest BCUT2D eigenvalue weighted by molar-refractivity contribution is -0.146. The molecule has 0 aliphatic carbocycles. The summed E-state index contributed by atoms with van der Waals surface area (Å²) in [5, 5.41) is 2.71. The molecule has 0 aliphatic heterocycles. The minimum atomic E-state index is -0.579. The highest BCUT2D eigenvalue weighted by atomic mass is 16.6. The Balaban J connectivity index is 2.75. The number of alkyl carbamates (subject to hydrolysis) is 1. The molecule has 0 unspecified atom stereocenters. The second kappa shape index (κ2) is 7.82. The zero-order valence-corrected chi connectivity index (χ0v) is 13.9. The highest BCUT2D eigenvalue weighted by Crippen LogP contribution is 2.15. The van der Waals surface area contributed by atoms with E-state index in [-0.39, 0.29) is 5.97 Å². The number of methoxy groups -OCH3 is 1. The van der Waals surface area contributed by atoms with Crippen LogP contribution in [0.25, 0.3) is 0 Å². The summed E-state index contributed by atoms with van der Waals surface area (Å²) in [6.45, 7) is 7.14. The number of nitrogens with one attached hydrogen (secondary N) is 1. The molecular weight excluding hydrogens is 282 g/mol. The average molecular weight is 307 g/mol. The molecule has 1 aromatic rings. The fourth-order valence-corrected chi connectivity index (χ4v) is 2.08. The maximum atomic E-state index is 12.0. The molecule has 2 atom stereocenters. The standard InChI is InChI=1S/C17H25NO4/c1-12(18-16(20)22-17(2,3)4)14(15(19)21-5)11-13-9-7-6-8-10-13/h6-10,12,14H,11H2,1-5H3,(H,18,20)/t12-,14-/m1/s1. The molecule has 1 aromatic carbocycles. The number of benzene rings is 1. The first-order chi connectivity index (χ1) is 10.2. The molecule has 0 bridgehead atoms. The molecule has 0 heterocycles. The Morgan fingerprint density at radius 1 is 1.18 bits per heavy atom. The van der Waals surface area contributed by atoms with Crippen molar-refractivity contribution in [2.24, 2.45) is 5.92 Å². The number of rotatable bonds is 5. The Kier molecular flexibility index (Phi) is 6.40. The van der Waals surface area contributed by atoms with Crippen LogP contribution in [-0.2, 0) is 20.7 Å². The van der Waals surface area contributed by atoms with Crippen LogP contribution < -0.4 is 5.32 Å². The van der Waals surface area contributed by atoms with Gasteiger partial charge in [0.05, 0.1) is 13.0 Å². The third-order valence-electron chi connectivity index (χ3n) is 3.15. The van der Waals surface area contributed by atoms with Gasteiger partial charge in [0.25, 0.3) is 0 Å². The molecule has 0 spiro atoms. The number of carbonyl (C=O) groups excluding carboxylic acids is 2. The Morgan fingerprint density at radius 3 is 2.27 bits per heavy atom. The second-order valence-electron chi connectivity index (χ2n) is 6.25. The van der Waals surface area contributed by atoms with Crippen molar-refractivity contribution in [1.82, 2.24) is 5.32 Å². The number of hydrogen-bond donors (Lipinski definition) is 1. The Labute approximate surface area is 132 Å². The van der Waals surface area contributed by atoms with Crippen LogP contribution in [0.2, 0.25) is 0 Å². The lowest BCUT2D eigenvalue weighted by Crippen LogP contribution is -2.44. The third-order valence-corrected chi connectivity index (χ3v) is 3.15. The van der Waals surface area contributed by atoms with Crippen molar-refractivity contribution in [3.63, 3.8) is 0 Å². The van der Waals surface area contributed by atoms with Crippen molar-refractivity contribution in [3.8, 4) is 0 Å². The predicted octanol–water partition coefficient (Wildman–Crippen LogP) is 2.93. The van der Waals surface area contributed by atoms with Crippen LogP contribution in [-0.4, -0.2) is 30.8 Å². The normalized spacial score (nSPS) is 13.9. The van der Waals surface area contributed by atoms with Gasteiger partial charge in [0.15, 0.2) is 0 Å². The van der Waals surface area contributed by atoms with Crippen LogP contribution in [0, 0.1) is 5.92 Å². The van der Waals surface area contributed by atoms with E-state index in [1.165, 1.54) is 7.11 Å². The SMILES string of the molecule is COC(=O)[C@H](Cc1ccccc1)[C@@H](C)NC(=O)OC(C)(C)C. The van der Waals surface area contributed by atoms with Crippen molar-refractivity contribution >= 4 is 12.1 Å². The topological polar surface area (TPSA) is 64.6 Å². The minimum Gasteiger partial charge on any atom is -0.469 e. The molecule has 0 aromatic heterocycles. The van der Waals surface area contributed by atoms with E-state index < -0.39 is 23.7 Å². The quantitative estimate of drug-likeness (QED) is 0.850. The average Bonchev–Trinajstić information content (AvgIpc) is 2.42. The van der Waals surface area contributed by atoms with Crippen LogP contribution in [0.1, 0.15) is 33.3 Å². The third kappa shape index (κ3) is 6.16. The molecule has 0 saturated carbocycles. The van der Waals surface area contributed by atoms with E-state index in [4.69, 9.17) is 9.47 Å². The van der Waals surface area contributed by atoms with E-state index in [9.17, 15) is 9.59 Å². The van der Waals surface area contributed by atoms with E-state index >= 15 is 0 Å². The molecule has 0 fully saturated rings. The summed E-state index contributed by atoms with van der Waals surface area (Å²) in [6, 6.07) is 9.22. The molecule has 0 aliphatic rings. The van der Waals surface area contributed by atoms with Crippen LogP contribution in [0.4, 0.5) is 4.79 Å². The summed E-state index contributed by atoms with van der Waals surface area (Å²) in [4.78, 5) is 23.9. The summed E-state index contributed by atoms with van der Waals surface area (Å²) < 4.78 is 10.1. The van der Waals surface area contributed by atoms with E-state index in [0.717, 1.165) is 5.56 Å². The van der Waals surface area contributed by atoms with Gasteiger partial charge in [0.2, 0.25) is 0 Å². The van der Waals surface area contributed by atoms with E-state index in [0.29, 0.717) is 6.42 Å². The first-order valence-electron chi connectivity index (χ1n) is 7.34. The van der Waals surface area contributed by atoms with E-state index in [2.05, 4.69) is 5.32 Å². The summed E-state index contributed by atoms with van der Waals surface area (Å²) in [5.41, 5.74) is 0.431. The lowest BCUT2D eigenvalue weighted by Gasteiger charge is -2.25. The second-order valence-corrected chi connectivity index (χ2v) is 6.25. The Morgan fingerprint density at radius 2 is 1.77 bits per heavy atom. The zero-order chi connectivity index (χ0) is 16.8. The molecule has 22 heavy (non-hydrogen) atoms. The maximum Gasteiger partial charge on any atom is 0.407 e. The van der Waals surface area contributed by atoms with Gasteiger partial charge < -0.3 is 14.8 Å². The van der Waals surface area contributed by atoms with Crippen molar-refractivity contribution < 1.29 is 19.1 Å². The number of ether oxygens (including phenoxy) is 2. The van der Waals surface area contributed by atoms with Gasteiger partial charge in [0, 0.05) is 6.04 Å². The van der Waals surface area contributed by atoms with Gasteiger partial charge in [0.1, 0.15) is 5.60 Å². The molecule has 1 N–H and O–H groups in total. The number of carbonyl (C=O) groups is 2. The zero-order valence-electron chi connectivity index (χ0n) is 13.9. The number of esters is 1. The number of amides is 1. The fraction of sp³-hybridized carbons (Fsp3) is 0.529. The van der Waals surface area contributed by atoms with E-state index in [1.54, 1.807) is 27.7 Å². The van der Waals surface area contributed by atoms with Gasteiger partial charge in [-0.05, 0) is 39.7 Å². The van der Waals surface area contributed by atoms with Gasteiger partial charge in [-0.15, -0.1) is 0 Å². The molecule has 122 valence electrons. The first-order valence-corrected chi connectivity index (χ1v) is 7.34. The van der Waals surface area contributed by atoms with Gasteiger partial charge in [-0.3, -0.25) is 4.79 Å². The van der Waals surface area contributed by atoms with Crippen LogP contribution in [0.3, 0.4) is 0 Å². The van der Waals surface area contributed by atoms with Crippen LogP contribution in [0.5, 0.6) is 0 Å². The fourth-order valence-electron chi connectivity index (χ4n) is 2.08. The van der Waals surface area contributed by atoms with Gasteiger partial charge in [-0.25, -0.2) is 4.79 Å². The summed E-state index contributed by atoms with van der Waals surface area (Å²) >= 11 is 0. The lowest BCUT2D eigenvalue weighted by atomic mass is 9.93. The molecule has 5 nitrogen and oxygen atoms in total. The summed E-state index contributed by atoms with van der Waals surface area (Å²) in [7, 11) is 1.35. The monoisotopic (exact) mass is 307 g/mol. The van der Waals surface area contributed by atoms with Gasteiger partial charge in [-0.1, -0.05) is 30.3 Å². The number of hydrogen-bond acceptors (Lipinski definition) is 4. The largest absolute Gasteiger partial charge is 0.469 e. The van der Waals surface area contributed by atoms with Crippen molar-refractivity contribution in [1.29, 1.82) is 0 Å². The van der Waals surface area contributed by atoms with Gasteiger partial charge in [-0.2, -0.15) is 0 Å². The molecule has 5 heteroatoms. The molecular formula is C17H25NO4. The summed E-state index contributed by atoms with van der Waals surface area (Å²) in [5.74, 6) is -0.827. The highest BCUT2D eigenvalue weighted by molar-refractivity contribution is 5.75. The molecule has 0 saturated heterocycles. The molecule has 1 rings (SSSR count). The maximum absolute atomic E-state index is 12.0. The first kappa shape index (κ1) is 18.0. The Bertz CT molecular complexity index is 493. The van der Waals surface area contributed by atoms with Gasteiger partial charge >= 0.3 is 12.1 Å². The molecule has 0 radical (unpaired) electrons. The predicted molar refractivity (Wildman–Crippen MR) is 84.5 cm³/mol. The summed E-state index contributed by atoms with van der Waals surface area (Å²) in [6.07, 6.45) is -0.0493.